The molecule has 33 heavy (non-hydrogen) atoms. The third-order valence-corrected chi connectivity index (χ3v) is 9.87. The number of benzene rings is 1. The molecule has 0 amide bonds. The van der Waals surface area contributed by atoms with Crippen molar-refractivity contribution in [1.29, 1.82) is 0 Å². The Morgan fingerprint density at radius 2 is 1.97 bits per heavy atom. The fourth-order valence-electron chi connectivity index (χ4n) is 7.23. The molecular weight excluding hydrogens is 442 g/mol. The van der Waals surface area contributed by atoms with Gasteiger partial charge in [0, 0.05) is 0 Å². The molecule has 8 heteroatoms. The van der Waals surface area contributed by atoms with Crippen molar-refractivity contribution in [3.05, 3.63) is 41.5 Å². The van der Waals surface area contributed by atoms with Crippen LogP contribution in [0.3, 0.4) is 0 Å². The molecule has 4 aliphatic rings. The molecule has 1 aromatic rings. The number of sulfonamides is 1. The molecule has 3 fully saturated rings. The van der Waals surface area contributed by atoms with E-state index in [2.05, 4.69) is 6.92 Å². The van der Waals surface area contributed by atoms with Crippen LogP contribution in [-0.2, 0) is 19.6 Å². The molecule has 3 N–H and O–H groups in total. The summed E-state index contributed by atoms with van der Waals surface area (Å²) in [5.41, 5.74) is 1.22. The normalized spacial score (nSPS) is 38.0. The second kappa shape index (κ2) is 8.03. The average molecular weight is 474 g/mol. The number of rotatable bonds is 3. The van der Waals surface area contributed by atoms with Crippen LogP contribution in [-0.4, -0.2) is 37.5 Å². The van der Waals surface area contributed by atoms with Crippen LogP contribution < -0.4 is 5.14 Å². The van der Waals surface area contributed by atoms with Crippen LogP contribution in [0.15, 0.2) is 40.8 Å². The number of aliphatic hydroxyl groups excluding tert-OH is 1. The molecule has 4 aliphatic carbocycles. The van der Waals surface area contributed by atoms with E-state index in [1.807, 2.05) is 0 Å². The summed E-state index contributed by atoms with van der Waals surface area (Å²) < 4.78 is 28.8. The first kappa shape index (κ1) is 22.7. The Morgan fingerprint density at radius 3 is 2.73 bits per heavy atom. The highest BCUT2D eigenvalue weighted by Crippen LogP contribution is 2.61. The summed E-state index contributed by atoms with van der Waals surface area (Å²) in [6.07, 6.45) is 6.93. The van der Waals surface area contributed by atoms with Gasteiger partial charge in [-0.2, -0.15) is 0 Å². The van der Waals surface area contributed by atoms with Crippen molar-refractivity contribution >= 4 is 21.8 Å². The zero-order chi connectivity index (χ0) is 23.5. The van der Waals surface area contributed by atoms with Gasteiger partial charge in [-0.3, -0.25) is 4.79 Å². The number of hydrogen-bond acceptors (Lipinski definition) is 6. The first-order valence-electron chi connectivity index (χ1n) is 11.8. The first-order valence-corrected chi connectivity index (χ1v) is 13.4. The van der Waals surface area contributed by atoms with Gasteiger partial charge >= 0.3 is 5.97 Å². The lowest BCUT2D eigenvalue weighted by Gasteiger charge is -2.53. The van der Waals surface area contributed by atoms with Gasteiger partial charge < -0.3 is 9.84 Å². The summed E-state index contributed by atoms with van der Waals surface area (Å²) in [6, 6.07) is 5.37. The zero-order valence-electron chi connectivity index (χ0n) is 18.8. The molecule has 0 spiro atoms. The number of esters is 1. The van der Waals surface area contributed by atoms with Gasteiger partial charge in [0.05, 0.1) is 16.6 Å². The van der Waals surface area contributed by atoms with E-state index in [-0.39, 0.29) is 33.7 Å². The Labute approximate surface area is 194 Å². The Bertz CT molecular complexity index is 1130. The number of ether oxygens (including phenoxy) is 1. The van der Waals surface area contributed by atoms with Crippen molar-refractivity contribution in [3.8, 4) is 0 Å². The largest absolute Gasteiger partial charge is 0.450 e. The summed E-state index contributed by atoms with van der Waals surface area (Å²) in [5, 5.41) is 15.8. The second-order valence-corrected chi connectivity index (χ2v) is 12.1. The van der Waals surface area contributed by atoms with E-state index in [0.717, 1.165) is 38.5 Å². The first-order chi connectivity index (χ1) is 15.6. The molecule has 3 saturated carbocycles. The van der Waals surface area contributed by atoms with Crippen LogP contribution in [0.5, 0.6) is 0 Å². The second-order valence-electron chi connectivity index (χ2n) is 10.5. The smallest absolute Gasteiger partial charge is 0.338 e. The lowest BCUT2D eigenvalue weighted by molar-refractivity contribution is -0.126. The summed E-state index contributed by atoms with van der Waals surface area (Å²) in [4.78, 5) is 25.4. The molecule has 0 radical (unpaired) electrons. The fourth-order valence-corrected chi connectivity index (χ4v) is 7.79. The average Bonchev–Trinajstić information content (AvgIpc) is 3.08. The van der Waals surface area contributed by atoms with Crippen LogP contribution in [0.2, 0.25) is 0 Å². The molecule has 7 nitrogen and oxygen atoms in total. The monoisotopic (exact) mass is 473 g/mol. The number of hydrogen-bond donors (Lipinski definition) is 2. The minimum atomic E-state index is -3.95. The molecule has 178 valence electrons. The van der Waals surface area contributed by atoms with Crippen LogP contribution in [0, 0.1) is 29.1 Å². The van der Waals surface area contributed by atoms with E-state index < -0.39 is 22.1 Å². The molecule has 0 saturated heterocycles. The fraction of sp³-hybridized carbons (Fsp3) is 0.600. The van der Waals surface area contributed by atoms with Gasteiger partial charge in [0.25, 0.3) is 0 Å². The Balaban J connectivity index is 1.34. The minimum Gasteiger partial charge on any atom is -0.450 e. The van der Waals surface area contributed by atoms with E-state index in [0.29, 0.717) is 24.2 Å². The SMILES string of the molecule is C[C@]12CCC3C4CC(OC(=O)c5cccc(S(N)(=O)=O)c5)C(=O)C=C4CCC3C1CC[C@@H]2O. The predicted molar refractivity (Wildman–Crippen MR) is 121 cm³/mol. The number of carbonyl (C=O) groups is 2. The number of carbonyl (C=O) groups excluding carboxylic acids is 2. The van der Waals surface area contributed by atoms with E-state index in [1.165, 1.54) is 29.8 Å². The third-order valence-electron chi connectivity index (χ3n) is 8.96. The van der Waals surface area contributed by atoms with Crippen LogP contribution in [0.4, 0.5) is 0 Å². The minimum absolute atomic E-state index is 0.00686. The van der Waals surface area contributed by atoms with Crippen LogP contribution in [0.1, 0.15) is 62.2 Å². The molecule has 1 aromatic carbocycles. The van der Waals surface area contributed by atoms with Gasteiger partial charge in [0.15, 0.2) is 11.9 Å². The van der Waals surface area contributed by atoms with Crippen LogP contribution in [0.25, 0.3) is 0 Å². The number of primary sulfonamides is 1. The highest BCUT2D eigenvalue weighted by molar-refractivity contribution is 7.89. The number of ketones is 1. The summed E-state index contributed by atoms with van der Waals surface area (Å²) >= 11 is 0. The number of fused-ring (bicyclic) bond motifs is 5. The quantitative estimate of drug-likeness (QED) is 0.651. The van der Waals surface area contributed by atoms with Crippen molar-refractivity contribution in [2.75, 3.05) is 0 Å². The molecule has 0 aromatic heterocycles. The van der Waals surface area contributed by atoms with Crippen molar-refractivity contribution < 1.29 is 27.9 Å². The van der Waals surface area contributed by atoms with Gasteiger partial charge in [-0.05, 0) is 98.3 Å². The zero-order valence-corrected chi connectivity index (χ0v) is 19.6. The standard InChI is InChI=1S/C25H31NO6S/c1-25-10-9-17-18(20(25)7-8-23(25)28)6-5-14-12-21(27)22(13-19(14)17)32-24(29)15-3-2-4-16(11-15)33(26,30)31/h2-4,11-12,17-20,22-23,28H,5-10,13H2,1H3,(H2,26,30,31)/t17?,18?,19?,20?,22?,23-,25-/m0/s1. The number of allylic oxidation sites excluding steroid dienone is 1. The van der Waals surface area contributed by atoms with E-state index in [4.69, 9.17) is 9.88 Å². The maximum Gasteiger partial charge on any atom is 0.338 e. The molecule has 7 atom stereocenters. The van der Waals surface area contributed by atoms with Gasteiger partial charge in [0.2, 0.25) is 10.0 Å². The van der Waals surface area contributed by atoms with Crippen molar-refractivity contribution in [2.45, 2.75) is 69.0 Å². The topological polar surface area (TPSA) is 124 Å². The predicted octanol–water partition coefficient (Wildman–Crippen LogP) is 2.97. The van der Waals surface area contributed by atoms with E-state index >= 15 is 0 Å². The maximum atomic E-state index is 12.8. The van der Waals surface area contributed by atoms with Crippen LogP contribution >= 0.6 is 0 Å². The van der Waals surface area contributed by atoms with Crippen molar-refractivity contribution in [3.63, 3.8) is 0 Å². The summed E-state index contributed by atoms with van der Waals surface area (Å²) in [5.74, 6) is 0.753. The lowest BCUT2D eigenvalue weighted by Crippen LogP contribution is -2.49. The summed E-state index contributed by atoms with van der Waals surface area (Å²) in [7, 11) is -3.95. The van der Waals surface area contributed by atoms with Gasteiger partial charge in [0.1, 0.15) is 0 Å². The highest BCUT2D eigenvalue weighted by Gasteiger charge is 2.56. The van der Waals surface area contributed by atoms with E-state index in [1.54, 1.807) is 6.08 Å². The van der Waals surface area contributed by atoms with Crippen molar-refractivity contribution in [2.24, 2.45) is 34.2 Å². The number of aliphatic hydroxyl groups is 1. The van der Waals surface area contributed by atoms with Gasteiger partial charge in [-0.25, -0.2) is 18.4 Å². The number of nitrogens with two attached hydrogens (primary N) is 1. The molecule has 5 unspecified atom stereocenters. The molecular formula is C25H31NO6S. The molecule has 0 heterocycles. The Kier molecular flexibility index (Phi) is 5.53. The summed E-state index contributed by atoms with van der Waals surface area (Å²) in [6.45, 7) is 2.24. The molecule has 0 bridgehead atoms. The lowest BCUT2D eigenvalue weighted by atomic mass is 9.52. The Morgan fingerprint density at radius 1 is 1.18 bits per heavy atom. The third kappa shape index (κ3) is 3.86. The van der Waals surface area contributed by atoms with Gasteiger partial charge in [-0.15, -0.1) is 0 Å². The highest BCUT2D eigenvalue weighted by atomic mass is 32.2. The van der Waals surface area contributed by atoms with Gasteiger partial charge in [-0.1, -0.05) is 18.6 Å². The molecule has 0 aliphatic heterocycles. The van der Waals surface area contributed by atoms with E-state index in [9.17, 15) is 23.1 Å². The maximum absolute atomic E-state index is 12.8. The van der Waals surface area contributed by atoms with Crippen molar-refractivity contribution in [1.82, 2.24) is 0 Å². The Hall–Kier alpha value is -2.03. The molecule has 5 rings (SSSR count).